The van der Waals surface area contributed by atoms with Crippen molar-refractivity contribution in [3.8, 4) is 21.8 Å². The number of aromatic nitrogens is 3. The van der Waals surface area contributed by atoms with E-state index in [2.05, 4.69) is 34.5 Å². The van der Waals surface area contributed by atoms with E-state index in [-0.39, 0.29) is 5.82 Å². The van der Waals surface area contributed by atoms with Crippen LogP contribution in [0.4, 0.5) is 4.39 Å². The fourth-order valence-electron chi connectivity index (χ4n) is 2.94. The highest BCUT2D eigenvalue weighted by Crippen LogP contribution is 2.32. The Kier molecular flexibility index (Phi) is 4.50. The van der Waals surface area contributed by atoms with Crippen LogP contribution in [0, 0.1) is 5.82 Å². The van der Waals surface area contributed by atoms with E-state index in [1.807, 2.05) is 12.1 Å². The normalized spacial score (nSPS) is 13.3. The van der Waals surface area contributed by atoms with Gasteiger partial charge in [-0.1, -0.05) is 47.6 Å². The lowest BCUT2D eigenvalue weighted by molar-refractivity contribution is 0.628. The summed E-state index contributed by atoms with van der Waals surface area (Å²) in [7, 11) is 0. The molecule has 0 saturated carbocycles. The molecule has 0 atom stereocenters. The summed E-state index contributed by atoms with van der Waals surface area (Å²) >= 11 is 9.18. The maximum absolute atomic E-state index is 13.2. The molecular formula is C20H12ClFN4S2. The molecule has 0 unspecified atom stereocenters. The minimum absolute atomic E-state index is 0.284. The third-order valence-electron chi connectivity index (χ3n) is 4.35. The second kappa shape index (κ2) is 7.16. The second-order valence-corrected chi connectivity index (χ2v) is 8.80. The summed E-state index contributed by atoms with van der Waals surface area (Å²) in [5.41, 5.74) is 3.89. The van der Waals surface area contributed by atoms with E-state index in [0.29, 0.717) is 11.6 Å². The highest BCUT2D eigenvalue weighted by molar-refractivity contribution is 7.99. The van der Waals surface area contributed by atoms with Crippen LogP contribution in [0.15, 0.2) is 70.9 Å². The number of benzene rings is 2. The highest BCUT2D eigenvalue weighted by Gasteiger charge is 2.20. The van der Waals surface area contributed by atoms with Gasteiger partial charge in [0, 0.05) is 16.2 Å². The Balaban J connectivity index is 1.49. The van der Waals surface area contributed by atoms with E-state index in [1.165, 1.54) is 12.1 Å². The average Bonchev–Trinajstić information content (AvgIpc) is 3.35. The molecule has 1 aliphatic heterocycles. The lowest BCUT2D eigenvalue weighted by Crippen LogP contribution is -2.13. The Morgan fingerprint density at radius 3 is 2.29 bits per heavy atom. The van der Waals surface area contributed by atoms with Gasteiger partial charge in [0.2, 0.25) is 5.16 Å². The lowest BCUT2D eigenvalue weighted by atomic mass is 10.1. The fourth-order valence-corrected chi connectivity index (χ4v) is 4.83. The number of hydrogen-bond donors (Lipinski definition) is 0. The Morgan fingerprint density at radius 1 is 0.857 bits per heavy atom. The van der Waals surface area contributed by atoms with Crippen LogP contribution in [0.25, 0.3) is 21.8 Å². The van der Waals surface area contributed by atoms with Gasteiger partial charge in [0.25, 0.3) is 0 Å². The van der Waals surface area contributed by atoms with E-state index >= 15 is 0 Å². The molecule has 4 nitrogen and oxygen atoms in total. The van der Waals surface area contributed by atoms with Gasteiger partial charge in [0.15, 0.2) is 5.82 Å². The number of thiophene rings is 1. The molecule has 0 fully saturated rings. The first-order valence-electron chi connectivity index (χ1n) is 8.45. The van der Waals surface area contributed by atoms with Gasteiger partial charge >= 0.3 is 0 Å². The highest BCUT2D eigenvalue weighted by atomic mass is 35.5. The largest absolute Gasteiger partial charge is 0.212 e. The number of hydrogen-bond acceptors (Lipinski definition) is 5. The standard InChI is InChI=1S/C20H12ClFN4S2/c21-18-10-9-17(28-18)13-3-1-12(2-4-13)16-11-27-20-24-23-19(26(20)25-16)14-5-7-15(22)8-6-14/h1-10H,11H2. The van der Waals surface area contributed by atoms with Gasteiger partial charge in [-0.05, 0) is 47.5 Å². The smallest absolute Gasteiger partial charge is 0.207 e. The molecule has 2 aromatic carbocycles. The van der Waals surface area contributed by atoms with Gasteiger partial charge in [-0.3, -0.25) is 0 Å². The fraction of sp³-hybridized carbons (Fsp3) is 0.0500. The maximum atomic E-state index is 13.2. The minimum atomic E-state index is -0.284. The first-order valence-corrected chi connectivity index (χ1v) is 10.6. The van der Waals surface area contributed by atoms with Crippen LogP contribution in [0.1, 0.15) is 5.56 Å². The first kappa shape index (κ1) is 17.6. The molecule has 2 aromatic heterocycles. The second-order valence-electron chi connectivity index (χ2n) is 6.14. The molecule has 0 aliphatic carbocycles. The van der Waals surface area contributed by atoms with Gasteiger partial charge in [0.05, 0.1) is 10.0 Å². The number of nitrogens with zero attached hydrogens (tertiary/aromatic N) is 4. The Bertz CT molecular complexity index is 1180. The molecule has 138 valence electrons. The van der Waals surface area contributed by atoms with Crippen LogP contribution in [-0.2, 0) is 0 Å². The van der Waals surface area contributed by atoms with Crippen LogP contribution < -0.4 is 0 Å². The summed E-state index contributed by atoms with van der Waals surface area (Å²) in [6, 6.07) is 18.4. The van der Waals surface area contributed by atoms with Crippen molar-refractivity contribution in [3.63, 3.8) is 0 Å². The van der Waals surface area contributed by atoms with Crippen molar-refractivity contribution in [2.75, 3.05) is 5.75 Å². The molecule has 1 aliphatic rings. The molecule has 0 saturated heterocycles. The van der Waals surface area contributed by atoms with Crippen molar-refractivity contribution in [2.45, 2.75) is 5.16 Å². The molecule has 0 radical (unpaired) electrons. The summed E-state index contributed by atoms with van der Waals surface area (Å²) in [5, 5.41) is 13.9. The molecule has 0 spiro atoms. The monoisotopic (exact) mass is 426 g/mol. The van der Waals surface area contributed by atoms with Crippen molar-refractivity contribution in [1.82, 2.24) is 14.9 Å². The SMILES string of the molecule is Fc1ccc(-c2nnc3n2N=C(c2ccc(-c4ccc(Cl)s4)cc2)CS3)cc1. The third-order valence-corrected chi connectivity index (χ3v) is 6.56. The summed E-state index contributed by atoms with van der Waals surface area (Å²) in [6.07, 6.45) is 0. The van der Waals surface area contributed by atoms with Gasteiger partial charge < -0.3 is 0 Å². The zero-order valence-corrected chi connectivity index (χ0v) is 16.7. The van der Waals surface area contributed by atoms with Gasteiger partial charge in [-0.25, -0.2) is 4.39 Å². The molecule has 5 rings (SSSR count). The number of thioether (sulfide) groups is 1. The van der Waals surface area contributed by atoms with Crippen molar-refractivity contribution in [1.29, 1.82) is 0 Å². The van der Waals surface area contributed by atoms with E-state index in [4.69, 9.17) is 16.7 Å². The zero-order chi connectivity index (χ0) is 19.1. The Labute approximate surface area is 173 Å². The average molecular weight is 427 g/mol. The van der Waals surface area contributed by atoms with Crippen LogP contribution in [-0.4, -0.2) is 26.3 Å². The number of fused-ring (bicyclic) bond motifs is 1. The van der Waals surface area contributed by atoms with Crippen molar-refractivity contribution in [2.24, 2.45) is 5.10 Å². The number of rotatable bonds is 3. The maximum Gasteiger partial charge on any atom is 0.212 e. The Hall–Kier alpha value is -2.48. The molecule has 0 N–H and O–H groups in total. The molecule has 3 heterocycles. The predicted octanol–water partition coefficient (Wildman–Crippen LogP) is 5.82. The van der Waals surface area contributed by atoms with Crippen LogP contribution in [0.3, 0.4) is 0 Å². The summed E-state index contributed by atoms with van der Waals surface area (Å²) in [4.78, 5) is 1.14. The molecular weight excluding hydrogens is 415 g/mol. The molecule has 0 amide bonds. The number of halogens is 2. The van der Waals surface area contributed by atoms with Crippen molar-refractivity contribution >= 4 is 40.4 Å². The van der Waals surface area contributed by atoms with Gasteiger partial charge in [0.1, 0.15) is 5.82 Å². The third kappa shape index (κ3) is 3.26. The van der Waals surface area contributed by atoms with E-state index in [9.17, 15) is 4.39 Å². The lowest BCUT2D eigenvalue weighted by Gasteiger charge is -2.14. The van der Waals surface area contributed by atoms with Crippen LogP contribution in [0.5, 0.6) is 0 Å². The van der Waals surface area contributed by atoms with Gasteiger partial charge in [-0.2, -0.15) is 9.78 Å². The van der Waals surface area contributed by atoms with Crippen molar-refractivity contribution < 1.29 is 4.39 Å². The van der Waals surface area contributed by atoms with Crippen molar-refractivity contribution in [3.05, 3.63) is 76.4 Å². The van der Waals surface area contributed by atoms with E-state index in [1.54, 1.807) is 39.9 Å². The predicted molar refractivity (Wildman–Crippen MR) is 113 cm³/mol. The molecule has 28 heavy (non-hydrogen) atoms. The quantitative estimate of drug-likeness (QED) is 0.414. The van der Waals surface area contributed by atoms with E-state index in [0.717, 1.165) is 36.8 Å². The van der Waals surface area contributed by atoms with E-state index < -0.39 is 0 Å². The van der Waals surface area contributed by atoms with Crippen LogP contribution >= 0.6 is 34.7 Å². The minimum Gasteiger partial charge on any atom is -0.207 e. The van der Waals surface area contributed by atoms with Crippen LogP contribution in [0.2, 0.25) is 4.34 Å². The molecule has 8 heteroatoms. The first-order chi connectivity index (χ1) is 13.7. The zero-order valence-electron chi connectivity index (χ0n) is 14.3. The molecule has 0 bridgehead atoms. The molecule has 4 aromatic rings. The van der Waals surface area contributed by atoms with Gasteiger partial charge in [-0.15, -0.1) is 21.5 Å². The summed E-state index contributed by atoms with van der Waals surface area (Å²) in [5.74, 6) is 1.03. The summed E-state index contributed by atoms with van der Waals surface area (Å²) in [6.45, 7) is 0. The topological polar surface area (TPSA) is 43.1 Å². The Morgan fingerprint density at radius 2 is 1.57 bits per heavy atom. The summed E-state index contributed by atoms with van der Waals surface area (Å²) < 4.78 is 15.7.